The summed E-state index contributed by atoms with van der Waals surface area (Å²) in [4.78, 5) is 36.1. The van der Waals surface area contributed by atoms with Crippen LogP contribution in [0, 0.1) is 5.92 Å². The molecule has 0 spiro atoms. The third-order valence-corrected chi connectivity index (χ3v) is 4.46. The molecule has 2 amide bonds. The first kappa shape index (κ1) is 20.2. The Morgan fingerprint density at radius 1 is 1.38 bits per heavy atom. The molecule has 1 rings (SSSR count). The number of alkyl carbamates (subject to hydrolysis) is 1. The summed E-state index contributed by atoms with van der Waals surface area (Å²) in [5, 5.41) is 15.0. The van der Waals surface area contributed by atoms with Crippen molar-refractivity contribution >= 4 is 18.0 Å². The van der Waals surface area contributed by atoms with Crippen LogP contribution in [0.4, 0.5) is 4.79 Å². The van der Waals surface area contributed by atoms with E-state index in [1.165, 1.54) is 14.0 Å². The smallest absolute Gasteiger partial charge is 0.407 e. The molecule has 0 bridgehead atoms. The molecule has 0 saturated carbocycles. The van der Waals surface area contributed by atoms with Crippen LogP contribution >= 0.6 is 0 Å². The van der Waals surface area contributed by atoms with Gasteiger partial charge in [-0.25, -0.2) is 4.79 Å². The van der Waals surface area contributed by atoms with Crippen molar-refractivity contribution in [1.82, 2.24) is 15.5 Å². The maximum absolute atomic E-state index is 11.5. The van der Waals surface area contributed by atoms with Crippen molar-refractivity contribution in [1.29, 1.82) is 0 Å². The van der Waals surface area contributed by atoms with E-state index in [2.05, 4.69) is 22.3 Å². The summed E-state index contributed by atoms with van der Waals surface area (Å²) in [7, 11) is 1.28. The molecule has 2 unspecified atom stereocenters. The Balaban J connectivity index is 2.76. The normalized spacial score (nSPS) is 23.3. The second kappa shape index (κ2) is 9.46. The number of amides is 2. The van der Waals surface area contributed by atoms with E-state index in [0.29, 0.717) is 19.5 Å². The van der Waals surface area contributed by atoms with Gasteiger partial charge in [-0.15, -0.1) is 0 Å². The first-order valence-corrected chi connectivity index (χ1v) is 8.36. The fourth-order valence-corrected chi connectivity index (χ4v) is 3.30. The Morgan fingerprint density at radius 2 is 2.04 bits per heavy atom. The number of carboxylic acids is 1. The lowest BCUT2D eigenvalue weighted by molar-refractivity contribution is -0.142. The first-order valence-electron chi connectivity index (χ1n) is 8.36. The Kier molecular flexibility index (Phi) is 7.97. The van der Waals surface area contributed by atoms with Crippen molar-refractivity contribution in [2.45, 2.75) is 58.2 Å². The highest BCUT2D eigenvalue weighted by Crippen LogP contribution is 2.23. The fourth-order valence-electron chi connectivity index (χ4n) is 3.30. The molecule has 0 aromatic rings. The van der Waals surface area contributed by atoms with Gasteiger partial charge in [-0.05, 0) is 25.7 Å². The maximum Gasteiger partial charge on any atom is 0.407 e. The van der Waals surface area contributed by atoms with Gasteiger partial charge in [0.2, 0.25) is 5.91 Å². The molecule has 8 heteroatoms. The number of hydrogen-bond donors (Lipinski definition) is 3. The number of carbonyl (C=O) groups excluding carboxylic acids is 2. The van der Waals surface area contributed by atoms with Crippen molar-refractivity contribution < 1.29 is 24.2 Å². The predicted molar refractivity (Wildman–Crippen MR) is 88.6 cm³/mol. The summed E-state index contributed by atoms with van der Waals surface area (Å²) in [5.74, 6) is -0.839. The van der Waals surface area contributed by atoms with Gasteiger partial charge >= 0.3 is 12.1 Å². The number of ether oxygens (including phenoxy) is 1. The van der Waals surface area contributed by atoms with E-state index in [0.717, 1.165) is 12.8 Å². The summed E-state index contributed by atoms with van der Waals surface area (Å²) >= 11 is 0. The minimum absolute atomic E-state index is 0.0375. The minimum Gasteiger partial charge on any atom is -0.480 e. The van der Waals surface area contributed by atoms with Gasteiger partial charge < -0.3 is 20.5 Å². The zero-order chi connectivity index (χ0) is 18.3. The van der Waals surface area contributed by atoms with Gasteiger partial charge in [0.05, 0.1) is 7.11 Å². The van der Waals surface area contributed by atoms with Gasteiger partial charge in [0.1, 0.15) is 6.04 Å². The highest BCUT2D eigenvalue weighted by atomic mass is 16.5. The Labute approximate surface area is 142 Å². The molecule has 4 atom stereocenters. The van der Waals surface area contributed by atoms with E-state index in [1.54, 1.807) is 0 Å². The van der Waals surface area contributed by atoms with E-state index in [1.807, 2.05) is 11.8 Å². The topological polar surface area (TPSA) is 108 Å². The van der Waals surface area contributed by atoms with Crippen LogP contribution in [0.25, 0.3) is 0 Å². The number of methoxy groups -OCH3 is 1. The number of carboxylic acid groups (broad SMARTS) is 1. The lowest BCUT2D eigenvalue weighted by atomic mass is 9.95. The van der Waals surface area contributed by atoms with Crippen LogP contribution in [-0.4, -0.2) is 66.3 Å². The average molecular weight is 343 g/mol. The van der Waals surface area contributed by atoms with E-state index in [-0.39, 0.29) is 23.9 Å². The van der Waals surface area contributed by atoms with Crippen molar-refractivity contribution in [3.8, 4) is 0 Å². The lowest BCUT2D eigenvalue weighted by Gasteiger charge is -2.30. The van der Waals surface area contributed by atoms with Crippen LogP contribution in [-0.2, 0) is 14.3 Å². The number of aliphatic carboxylic acids is 1. The molecule has 1 aliphatic heterocycles. The zero-order valence-electron chi connectivity index (χ0n) is 14.9. The van der Waals surface area contributed by atoms with Crippen LogP contribution in [0.3, 0.4) is 0 Å². The molecule has 1 aliphatic rings. The van der Waals surface area contributed by atoms with Crippen LogP contribution in [0.1, 0.15) is 40.0 Å². The van der Waals surface area contributed by atoms with E-state index in [9.17, 15) is 19.5 Å². The van der Waals surface area contributed by atoms with Gasteiger partial charge in [0, 0.05) is 32.1 Å². The summed E-state index contributed by atoms with van der Waals surface area (Å²) in [5.41, 5.74) is 0. The van der Waals surface area contributed by atoms with Crippen molar-refractivity contribution in [2.75, 3.05) is 20.2 Å². The second-order valence-electron chi connectivity index (χ2n) is 6.41. The molecule has 0 radical (unpaired) electrons. The number of hydrogen-bond acceptors (Lipinski definition) is 5. The van der Waals surface area contributed by atoms with E-state index < -0.39 is 18.1 Å². The van der Waals surface area contributed by atoms with Crippen LogP contribution in [0.2, 0.25) is 0 Å². The van der Waals surface area contributed by atoms with Crippen molar-refractivity contribution in [3.63, 3.8) is 0 Å². The third-order valence-electron chi connectivity index (χ3n) is 4.46. The molecule has 1 fully saturated rings. The number of nitrogens with zero attached hydrogens (tertiary/aromatic N) is 1. The molecular formula is C16H29N3O5. The molecule has 138 valence electrons. The minimum atomic E-state index is -0.897. The van der Waals surface area contributed by atoms with E-state index in [4.69, 9.17) is 0 Å². The fraction of sp³-hybridized carbons (Fsp3) is 0.812. The van der Waals surface area contributed by atoms with E-state index >= 15 is 0 Å². The Hall–Kier alpha value is -1.83. The molecule has 0 aliphatic carbocycles. The summed E-state index contributed by atoms with van der Waals surface area (Å²) in [6.07, 6.45) is 1.63. The summed E-state index contributed by atoms with van der Waals surface area (Å²) in [6, 6.07) is -0.933. The molecule has 24 heavy (non-hydrogen) atoms. The Morgan fingerprint density at radius 3 is 2.54 bits per heavy atom. The molecule has 0 aromatic carbocycles. The lowest BCUT2D eigenvalue weighted by Crippen LogP contribution is -2.46. The third kappa shape index (κ3) is 5.99. The van der Waals surface area contributed by atoms with Crippen molar-refractivity contribution in [2.24, 2.45) is 5.92 Å². The summed E-state index contributed by atoms with van der Waals surface area (Å²) < 4.78 is 4.58. The number of nitrogens with one attached hydrogen (secondary N) is 2. The number of likely N-dealkylation sites (tertiary alicyclic amines) is 1. The van der Waals surface area contributed by atoms with Crippen molar-refractivity contribution in [3.05, 3.63) is 0 Å². The Bertz CT molecular complexity index is 457. The number of rotatable bonds is 8. The van der Waals surface area contributed by atoms with Crippen LogP contribution < -0.4 is 10.6 Å². The quantitative estimate of drug-likeness (QED) is 0.602. The second-order valence-corrected chi connectivity index (χ2v) is 6.41. The highest BCUT2D eigenvalue weighted by Gasteiger charge is 2.39. The average Bonchev–Trinajstić information content (AvgIpc) is 2.88. The summed E-state index contributed by atoms with van der Waals surface area (Å²) in [6.45, 7) is 6.50. The molecule has 8 nitrogen and oxygen atoms in total. The molecule has 1 saturated heterocycles. The SMILES string of the molecule is CCCC(CN1C[C@H](NC(=O)OC)C[C@@H]1C(=O)O)C(C)NC(C)=O. The monoisotopic (exact) mass is 343 g/mol. The molecule has 0 aromatic heterocycles. The van der Waals surface area contributed by atoms with Gasteiger partial charge in [0.15, 0.2) is 0 Å². The standard InChI is InChI=1S/C16H29N3O5/c1-5-6-12(10(2)17-11(3)20)8-19-9-13(18-16(23)24-4)7-14(19)15(21)22/h10,12-14H,5-9H2,1-4H3,(H,17,20)(H,18,23)(H,21,22)/t10?,12?,13-,14-/m1/s1. The predicted octanol–water partition coefficient (Wildman–Crippen LogP) is 0.811. The van der Waals surface area contributed by atoms with Gasteiger partial charge in [-0.3, -0.25) is 14.5 Å². The maximum atomic E-state index is 11.5. The first-order chi connectivity index (χ1) is 11.3. The van der Waals surface area contributed by atoms with Gasteiger partial charge in [0.25, 0.3) is 0 Å². The number of carbonyl (C=O) groups is 3. The molecular weight excluding hydrogens is 314 g/mol. The van der Waals surface area contributed by atoms with Gasteiger partial charge in [-0.1, -0.05) is 13.3 Å². The van der Waals surface area contributed by atoms with Gasteiger partial charge in [-0.2, -0.15) is 0 Å². The zero-order valence-corrected chi connectivity index (χ0v) is 14.9. The molecule has 1 heterocycles. The largest absolute Gasteiger partial charge is 0.480 e. The molecule has 3 N–H and O–H groups in total. The van der Waals surface area contributed by atoms with Crippen LogP contribution in [0.5, 0.6) is 0 Å². The van der Waals surface area contributed by atoms with Crippen LogP contribution in [0.15, 0.2) is 0 Å². The highest BCUT2D eigenvalue weighted by molar-refractivity contribution is 5.75.